The smallest absolute Gasteiger partial charge is 0.384 e. The van der Waals surface area contributed by atoms with Gasteiger partial charge in [0.2, 0.25) is 0 Å². The molecular formula is C72H104O23. The Morgan fingerprint density at radius 2 is 0.684 bits per heavy atom. The van der Waals surface area contributed by atoms with Gasteiger partial charge in [0.1, 0.15) is 30.7 Å². The van der Waals surface area contributed by atoms with Gasteiger partial charge in [-0.2, -0.15) is 0 Å². The largest absolute Gasteiger partial charge is 0.457 e. The van der Waals surface area contributed by atoms with Crippen molar-refractivity contribution in [2.24, 2.45) is 0 Å². The molecule has 1 atom stereocenters. The number of hydrogen-bond acceptors (Lipinski definition) is 23. The molecular weight excluding hydrogens is 1230 g/mol. The lowest BCUT2D eigenvalue weighted by Crippen LogP contribution is -2.27. The number of fused-ring (bicyclic) bond motifs is 1. The molecule has 0 aromatic heterocycles. The van der Waals surface area contributed by atoms with E-state index < -0.39 is 34.7 Å². The van der Waals surface area contributed by atoms with Crippen molar-refractivity contribution in [1.29, 1.82) is 0 Å². The van der Waals surface area contributed by atoms with Gasteiger partial charge in [-0.1, -0.05) is 136 Å². The number of ether oxygens (including phenoxy) is 2. The van der Waals surface area contributed by atoms with E-state index in [0.717, 1.165) is 0 Å². The molecule has 0 fully saturated rings. The molecule has 0 aliphatic heterocycles. The van der Waals surface area contributed by atoms with E-state index in [1.54, 1.807) is 36.4 Å². The zero-order valence-corrected chi connectivity index (χ0v) is 57.2. The quantitative estimate of drug-likeness (QED) is 0.00963. The Morgan fingerprint density at radius 1 is 0.400 bits per heavy atom. The molecule has 0 amide bonds. The Hall–Kier alpha value is -9.64. The zero-order chi connectivity index (χ0) is 76.9. The number of rotatable bonds is 24. The summed E-state index contributed by atoms with van der Waals surface area (Å²) in [5.74, 6) is -4.40. The Balaban J connectivity index is -0.000000116. The summed E-state index contributed by atoms with van der Waals surface area (Å²) in [4.78, 5) is 75.4. The standard InChI is InChI=1S/C20H16O19.C18H20.2C5H10O2.12C2H4/c21-17(15-7-3-1-4-8-15)19(23)25-11-13-27-29-31-33-35-37-39-38-36-34-32-30-28-14-12-26-20(24)18(22)16-9-5-2-6-10-16;1-17(2)13-18(3,14-9-5-4-6-10-14)16-12-8-7-11-15(16)17;2*1-4(6)5(2,3)7;12*1-2/h1-11,13H,12,14H2;4-12H,13H2,1-3H3;2*7H,1-3H3;12*1-2H2/b13-11-;;;;;;;;;;;;;;;. The third kappa shape index (κ3) is 58.0. The summed E-state index contributed by atoms with van der Waals surface area (Å²) in [6, 6.07) is 35.3. The summed E-state index contributed by atoms with van der Waals surface area (Å²) in [5.41, 5.74) is 2.88. The maximum Gasteiger partial charge on any atom is 0.384 e. The average molecular weight is 1340 g/mol. The molecule has 5 rings (SSSR count). The molecule has 4 aromatic carbocycles. The van der Waals surface area contributed by atoms with Gasteiger partial charge < -0.3 is 24.6 Å². The SMILES string of the molecule is C=C.C=C.C=C.C=C.C=C.C=C.C=C.C=C.C=C.C=C.C=C.C=C.CC(=O)C(C)(C)O.CC(=O)C(C)(C)O.CC1(C)CC(C)(c2ccccc2)c2ccccc21.O=C(O/C=C\OOOOOOOOOOOOOCCOC(=O)C(=O)c1ccccc1)C(=O)c1ccccc1. The number of ketones is 4. The Morgan fingerprint density at radius 3 is 1.02 bits per heavy atom. The maximum absolute atomic E-state index is 11.7. The van der Waals surface area contributed by atoms with Crippen LogP contribution >= 0.6 is 0 Å². The number of benzene rings is 4. The number of aliphatic hydroxyl groups is 2. The summed E-state index contributed by atoms with van der Waals surface area (Å²) in [6.45, 7) is 87.0. The fraction of sp³-hybridized carbons (Fsp3) is 0.222. The highest BCUT2D eigenvalue weighted by atomic mass is 18.0. The zero-order valence-electron chi connectivity index (χ0n) is 57.2. The molecule has 530 valence electrons. The van der Waals surface area contributed by atoms with Crippen LogP contribution in [0.4, 0.5) is 0 Å². The molecule has 0 saturated heterocycles. The van der Waals surface area contributed by atoms with Crippen molar-refractivity contribution in [3.05, 3.63) is 313 Å². The number of carbonyl (C=O) groups is 6. The number of esters is 2. The first-order chi connectivity index (χ1) is 45.5. The van der Waals surface area contributed by atoms with Crippen molar-refractivity contribution < 1.29 is 114 Å². The second-order valence-corrected chi connectivity index (χ2v) is 16.4. The highest BCUT2D eigenvalue weighted by molar-refractivity contribution is 6.41. The second kappa shape index (κ2) is 78.6. The highest BCUT2D eigenvalue weighted by Crippen LogP contribution is 2.52. The second-order valence-electron chi connectivity index (χ2n) is 16.4. The monoisotopic (exact) mass is 1340 g/mol. The molecule has 23 heteroatoms. The van der Waals surface area contributed by atoms with Crippen LogP contribution in [-0.4, -0.2) is 69.7 Å². The first-order valence-corrected chi connectivity index (χ1v) is 27.0. The fourth-order valence-electron chi connectivity index (χ4n) is 5.70. The van der Waals surface area contributed by atoms with E-state index in [4.69, 9.17) is 10.2 Å². The first kappa shape index (κ1) is 110. The van der Waals surface area contributed by atoms with E-state index in [1.807, 2.05) is 0 Å². The van der Waals surface area contributed by atoms with E-state index >= 15 is 0 Å². The van der Waals surface area contributed by atoms with Gasteiger partial charge in [0.25, 0.3) is 11.6 Å². The minimum atomic E-state index is -1.18. The lowest BCUT2D eigenvalue weighted by molar-refractivity contribution is -0.869. The van der Waals surface area contributed by atoms with Crippen molar-refractivity contribution in [3.8, 4) is 0 Å². The topological polar surface area (TPSA) is 281 Å². The summed E-state index contributed by atoms with van der Waals surface area (Å²) >= 11 is 0. The van der Waals surface area contributed by atoms with Crippen LogP contribution in [0.5, 0.6) is 0 Å². The molecule has 4 aromatic rings. The van der Waals surface area contributed by atoms with E-state index in [2.05, 4.69) is 308 Å². The van der Waals surface area contributed by atoms with Gasteiger partial charge >= 0.3 is 11.9 Å². The van der Waals surface area contributed by atoms with Crippen molar-refractivity contribution in [2.75, 3.05) is 13.2 Å². The van der Waals surface area contributed by atoms with Gasteiger partial charge in [0, 0.05) is 46.8 Å². The maximum atomic E-state index is 11.7. The number of hydrogen-bond donors (Lipinski definition) is 2. The average Bonchev–Trinajstić information content (AvgIpc) is 1.59. The highest BCUT2D eigenvalue weighted by Gasteiger charge is 2.45. The first-order valence-electron chi connectivity index (χ1n) is 27.0. The van der Waals surface area contributed by atoms with Gasteiger partial charge in [-0.25, -0.2) is 14.5 Å². The van der Waals surface area contributed by atoms with Gasteiger partial charge in [0.15, 0.2) is 17.8 Å². The molecule has 0 bridgehead atoms. The summed E-state index contributed by atoms with van der Waals surface area (Å²) in [7, 11) is 0. The Bertz CT molecular complexity index is 2430. The fourth-order valence-corrected chi connectivity index (χ4v) is 5.70. The lowest BCUT2D eigenvalue weighted by atomic mass is 9.75. The molecule has 0 radical (unpaired) electrons. The molecule has 1 aliphatic carbocycles. The Labute approximate surface area is 564 Å². The third-order valence-electron chi connectivity index (χ3n) is 9.67. The van der Waals surface area contributed by atoms with Crippen LogP contribution in [0.3, 0.4) is 0 Å². The van der Waals surface area contributed by atoms with Crippen LogP contribution in [0.1, 0.15) is 106 Å². The molecule has 95 heavy (non-hydrogen) atoms. The van der Waals surface area contributed by atoms with E-state index in [-0.39, 0.29) is 46.7 Å². The van der Waals surface area contributed by atoms with Crippen LogP contribution in [0, 0.1) is 0 Å². The molecule has 1 aliphatic rings. The summed E-state index contributed by atoms with van der Waals surface area (Å²) < 4.78 is 9.11. The molecule has 2 N–H and O–H groups in total. The predicted octanol–water partition coefficient (Wildman–Crippen LogP) is 16.5. The molecule has 0 saturated carbocycles. The minimum absolute atomic E-state index is 0.131. The van der Waals surface area contributed by atoms with Crippen molar-refractivity contribution >= 4 is 35.1 Å². The van der Waals surface area contributed by atoms with Gasteiger partial charge in [-0.05, 0) is 95.3 Å². The molecule has 1 unspecified atom stereocenters. The Kier molecular flexibility index (Phi) is 90.9. The molecule has 0 spiro atoms. The predicted molar refractivity (Wildman–Crippen MR) is 373 cm³/mol. The lowest BCUT2D eigenvalue weighted by Gasteiger charge is -2.28. The minimum Gasteiger partial charge on any atom is -0.457 e. The number of Topliss-reactive ketones (excluding diaryl/α,β-unsaturated/α-hetero) is 4. The van der Waals surface area contributed by atoms with E-state index in [1.165, 1.54) is 88.9 Å². The van der Waals surface area contributed by atoms with Gasteiger partial charge in [-0.15, -0.1) is 158 Å². The molecule has 23 nitrogen and oxygen atoms in total. The van der Waals surface area contributed by atoms with Gasteiger partial charge in [0.05, 0.1) is 0 Å². The van der Waals surface area contributed by atoms with Crippen LogP contribution in [0.15, 0.2) is 286 Å². The van der Waals surface area contributed by atoms with Crippen molar-refractivity contribution in [3.63, 3.8) is 0 Å². The summed E-state index contributed by atoms with van der Waals surface area (Å²) in [6.07, 6.45) is 2.50. The van der Waals surface area contributed by atoms with Gasteiger partial charge in [-0.3, -0.25) is 19.2 Å². The van der Waals surface area contributed by atoms with Crippen LogP contribution in [0.25, 0.3) is 0 Å². The van der Waals surface area contributed by atoms with Crippen LogP contribution in [-0.2, 0) is 105 Å². The number of carbonyl (C=O) groups excluding carboxylic acids is 6. The van der Waals surface area contributed by atoms with Crippen molar-refractivity contribution in [1.82, 2.24) is 0 Å². The van der Waals surface area contributed by atoms with Crippen LogP contribution < -0.4 is 0 Å². The third-order valence-corrected chi connectivity index (χ3v) is 9.67. The summed E-state index contributed by atoms with van der Waals surface area (Å²) in [5, 5.41) is 58.6. The van der Waals surface area contributed by atoms with Crippen LogP contribution in [0.2, 0.25) is 0 Å². The normalized spacial score (nSPS) is 11.3. The van der Waals surface area contributed by atoms with E-state index in [0.29, 0.717) is 12.5 Å². The van der Waals surface area contributed by atoms with E-state index in [9.17, 15) is 28.8 Å². The molecule has 0 heterocycles. The van der Waals surface area contributed by atoms with Crippen molar-refractivity contribution in [2.45, 2.75) is 90.8 Å².